The zero-order valence-corrected chi connectivity index (χ0v) is 15.6. The highest BCUT2D eigenvalue weighted by Crippen LogP contribution is 2.29. The van der Waals surface area contributed by atoms with E-state index in [-0.39, 0.29) is 29.4 Å². The summed E-state index contributed by atoms with van der Waals surface area (Å²) in [6.45, 7) is -0.254. The first-order valence-electron chi connectivity index (χ1n) is 8.17. The lowest BCUT2D eigenvalue weighted by molar-refractivity contribution is -0.385. The number of nitrogens with two attached hydrogens (primary N) is 2. The molecule has 11 nitrogen and oxygen atoms in total. The molecule has 0 unspecified atom stereocenters. The summed E-state index contributed by atoms with van der Waals surface area (Å²) < 4.78 is 7.16. The van der Waals surface area contributed by atoms with E-state index in [1.807, 2.05) is 5.43 Å². The Morgan fingerprint density at radius 2 is 2.00 bits per heavy atom. The van der Waals surface area contributed by atoms with Crippen LogP contribution in [-0.4, -0.2) is 20.7 Å². The van der Waals surface area contributed by atoms with Crippen LogP contribution in [0.3, 0.4) is 0 Å². The number of nitrogens with one attached hydrogen (secondary N) is 1. The lowest BCUT2D eigenvalue weighted by Gasteiger charge is -2.19. The number of carbonyl (C=O) groups is 1. The molecule has 2 aromatic carbocycles. The van der Waals surface area contributed by atoms with Gasteiger partial charge in [-0.05, 0) is 30.3 Å². The van der Waals surface area contributed by atoms with Crippen molar-refractivity contribution in [3.05, 3.63) is 75.4 Å². The summed E-state index contributed by atoms with van der Waals surface area (Å²) in [7, 11) is 0. The minimum absolute atomic E-state index is 0.0688. The van der Waals surface area contributed by atoms with Crippen molar-refractivity contribution in [1.29, 1.82) is 0 Å². The fourth-order valence-electron chi connectivity index (χ4n) is 2.55. The lowest BCUT2D eigenvalue weighted by atomic mass is 10.1. The number of nitrogens with zero attached hydrogens (tertiary/aromatic N) is 4. The molecule has 2 amide bonds. The maximum atomic E-state index is 11.7. The molecule has 0 saturated carbocycles. The number of carbonyl (C=O) groups excluding carboxylic acids is 1. The number of urea groups is 1. The number of ether oxygens (including phenoxy) is 1. The molecule has 0 bridgehead atoms. The Balaban J connectivity index is 1.85. The summed E-state index contributed by atoms with van der Waals surface area (Å²) in [4.78, 5) is 22.5. The number of hydrogen-bond donors (Lipinski definition) is 3. The first kappa shape index (κ1) is 20.1. The molecule has 1 heterocycles. The van der Waals surface area contributed by atoms with Gasteiger partial charge in [0.05, 0.1) is 21.9 Å². The van der Waals surface area contributed by atoms with E-state index < -0.39 is 11.0 Å². The van der Waals surface area contributed by atoms with Crippen LogP contribution in [0, 0.1) is 10.1 Å². The molecule has 0 radical (unpaired) electrons. The highest BCUT2D eigenvalue weighted by atomic mass is 35.5. The summed E-state index contributed by atoms with van der Waals surface area (Å²) in [6.07, 6.45) is 1.66. The average molecular weight is 418 g/mol. The minimum atomic E-state index is -0.848. The van der Waals surface area contributed by atoms with Crippen LogP contribution < -0.4 is 26.9 Å². The van der Waals surface area contributed by atoms with E-state index in [0.717, 1.165) is 5.69 Å². The molecule has 1 aromatic heterocycles. The van der Waals surface area contributed by atoms with E-state index in [4.69, 9.17) is 28.0 Å². The van der Waals surface area contributed by atoms with Crippen LogP contribution in [0.1, 0.15) is 5.56 Å². The fraction of sp³-hybridized carbons (Fsp3) is 0.0588. The second kappa shape index (κ2) is 8.56. The molecule has 3 rings (SSSR count). The number of rotatable bonds is 6. The summed E-state index contributed by atoms with van der Waals surface area (Å²) in [6, 6.07) is 11.8. The van der Waals surface area contributed by atoms with Crippen molar-refractivity contribution in [1.82, 2.24) is 15.2 Å². The molecular weight excluding hydrogens is 402 g/mol. The molecule has 0 aliphatic rings. The third-order valence-corrected chi connectivity index (χ3v) is 4.20. The third kappa shape index (κ3) is 4.43. The van der Waals surface area contributed by atoms with Crippen molar-refractivity contribution in [3.63, 3.8) is 0 Å². The SMILES string of the molecule is NNC(=O)N(N)c1cccc([N+](=O)[O-])c1COc1ccn(-c2ccc(Cl)cc2)n1. The van der Waals surface area contributed by atoms with E-state index in [0.29, 0.717) is 10.0 Å². The largest absolute Gasteiger partial charge is 0.471 e. The van der Waals surface area contributed by atoms with Gasteiger partial charge in [0.2, 0.25) is 5.88 Å². The van der Waals surface area contributed by atoms with Gasteiger partial charge in [0.15, 0.2) is 0 Å². The van der Waals surface area contributed by atoms with Gasteiger partial charge in [-0.2, -0.15) is 0 Å². The minimum Gasteiger partial charge on any atom is -0.471 e. The van der Waals surface area contributed by atoms with E-state index >= 15 is 0 Å². The van der Waals surface area contributed by atoms with Crippen molar-refractivity contribution in [2.24, 2.45) is 11.7 Å². The molecule has 12 heteroatoms. The molecule has 150 valence electrons. The zero-order valence-electron chi connectivity index (χ0n) is 14.9. The number of nitro groups is 1. The number of nitro benzene ring substituents is 1. The van der Waals surface area contributed by atoms with Crippen LogP contribution in [0.4, 0.5) is 16.2 Å². The Bertz CT molecular complexity index is 1040. The van der Waals surface area contributed by atoms with Crippen LogP contribution in [0.2, 0.25) is 5.02 Å². The second-order valence-electron chi connectivity index (χ2n) is 5.72. The first-order chi connectivity index (χ1) is 13.9. The number of hydrazine groups is 2. The van der Waals surface area contributed by atoms with Crippen LogP contribution in [0.15, 0.2) is 54.7 Å². The van der Waals surface area contributed by atoms with Crippen molar-refractivity contribution >= 4 is 29.0 Å². The molecule has 0 saturated heterocycles. The highest BCUT2D eigenvalue weighted by Gasteiger charge is 2.23. The topological polar surface area (TPSA) is 155 Å². The standard InChI is InChI=1S/C17H16ClN7O4/c18-11-4-6-12(7-5-11)23-9-8-16(22-23)29-10-13-14(24(20)17(26)21-19)2-1-3-15(13)25(27)28/h1-9H,10,19-20H2,(H,21,26). The van der Waals surface area contributed by atoms with Gasteiger partial charge in [-0.15, -0.1) is 5.10 Å². The summed E-state index contributed by atoms with van der Waals surface area (Å²) in [5.41, 5.74) is 2.51. The molecule has 0 atom stereocenters. The molecule has 5 N–H and O–H groups in total. The fourth-order valence-corrected chi connectivity index (χ4v) is 2.68. The number of halogens is 1. The van der Waals surface area contributed by atoms with Crippen LogP contribution >= 0.6 is 11.6 Å². The molecule has 0 aliphatic heterocycles. The van der Waals surface area contributed by atoms with Crippen molar-refractivity contribution < 1.29 is 14.5 Å². The zero-order chi connectivity index (χ0) is 21.0. The maximum Gasteiger partial charge on any atom is 0.350 e. The predicted octanol–water partition coefficient (Wildman–Crippen LogP) is 2.28. The van der Waals surface area contributed by atoms with E-state index in [1.165, 1.54) is 18.2 Å². The van der Waals surface area contributed by atoms with Crippen LogP contribution in [0.25, 0.3) is 5.69 Å². The summed E-state index contributed by atoms with van der Waals surface area (Å²) in [5, 5.41) is 16.9. The third-order valence-electron chi connectivity index (χ3n) is 3.95. The van der Waals surface area contributed by atoms with Gasteiger partial charge < -0.3 is 4.74 Å². The lowest BCUT2D eigenvalue weighted by Crippen LogP contribution is -2.48. The second-order valence-corrected chi connectivity index (χ2v) is 6.15. The Hall–Kier alpha value is -3.67. The maximum absolute atomic E-state index is 11.7. The van der Waals surface area contributed by atoms with E-state index in [2.05, 4.69) is 5.10 Å². The summed E-state index contributed by atoms with van der Waals surface area (Å²) >= 11 is 5.88. The van der Waals surface area contributed by atoms with Gasteiger partial charge in [0, 0.05) is 23.4 Å². The number of anilines is 1. The Morgan fingerprint density at radius 3 is 2.66 bits per heavy atom. The predicted molar refractivity (Wildman–Crippen MR) is 105 cm³/mol. The molecule has 0 spiro atoms. The summed E-state index contributed by atoms with van der Waals surface area (Å²) in [5.74, 6) is 11.0. The first-order valence-corrected chi connectivity index (χ1v) is 8.54. The molecule has 3 aromatic rings. The van der Waals surface area contributed by atoms with Crippen molar-refractivity contribution in [2.45, 2.75) is 6.61 Å². The van der Waals surface area contributed by atoms with Gasteiger partial charge >= 0.3 is 6.03 Å². The molecule has 29 heavy (non-hydrogen) atoms. The number of amides is 2. The molecular formula is C17H16ClN7O4. The Labute approximate surface area is 169 Å². The van der Waals surface area contributed by atoms with Crippen molar-refractivity contribution in [3.8, 4) is 11.6 Å². The van der Waals surface area contributed by atoms with Gasteiger partial charge in [-0.25, -0.2) is 26.2 Å². The van der Waals surface area contributed by atoms with Crippen LogP contribution in [0.5, 0.6) is 5.88 Å². The van der Waals surface area contributed by atoms with Gasteiger partial charge in [0.1, 0.15) is 6.61 Å². The Kier molecular flexibility index (Phi) is 5.93. The van der Waals surface area contributed by atoms with Crippen LogP contribution in [-0.2, 0) is 6.61 Å². The van der Waals surface area contributed by atoms with Gasteiger partial charge in [-0.1, -0.05) is 17.7 Å². The van der Waals surface area contributed by atoms with Gasteiger partial charge in [0.25, 0.3) is 5.69 Å². The molecule has 0 fully saturated rings. The average Bonchev–Trinajstić information content (AvgIpc) is 3.20. The van der Waals surface area contributed by atoms with E-state index in [1.54, 1.807) is 41.2 Å². The Morgan fingerprint density at radius 1 is 1.28 bits per heavy atom. The smallest absolute Gasteiger partial charge is 0.350 e. The molecule has 0 aliphatic carbocycles. The van der Waals surface area contributed by atoms with E-state index in [9.17, 15) is 14.9 Å². The number of aromatic nitrogens is 2. The number of benzene rings is 2. The quantitative estimate of drug-likeness (QED) is 0.240. The van der Waals surface area contributed by atoms with Crippen molar-refractivity contribution in [2.75, 3.05) is 5.01 Å². The highest BCUT2D eigenvalue weighted by molar-refractivity contribution is 6.30. The normalized spacial score (nSPS) is 10.4. The van der Waals surface area contributed by atoms with Gasteiger partial charge in [-0.3, -0.25) is 15.5 Å². The number of hydrogen-bond acceptors (Lipinski definition) is 7. The monoisotopic (exact) mass is 417 g/mol.